The van der Waals surface area contributed by atoms with Crippen LogP contribution in [0.3, 0.4) is 0 Å². The van der Waals surface area contributed by atoms with Crippen LogP contribution in [-0.2, 0) is 16.0 Å². The van der Waals surface area contributed by atoms with E-state index in [4.69, 9.17) is 0 Å². The first-order valence-electron chi connectivity index (χ1n) is 7.28. The Labute approximate surface area is 171 Å². The predicted octanol–water partition coefficient (Wildman–Crippen LogP) is 0.702. The van der Waals surface area contributed by atoms with Gasteiger partial charge in [-0.25, -0.2) is 0 Å². The number of aryl methyl sites for hydroxylation is 1. The van der Waals surface area contributed by atoms with Crippen molar-refractivity contribution in [1.82, 2.24) is 0 Å². The van der Waals surface area contributed by atoms with Crippen molar-refractivity contribution < 1.29 is 19.8 Å². The minimum atomic E-state index is -1.54. The number of carboxylic acids is 2. The quantitative estimate of drug-likeness (QED) is 0.331. The first-order valence-corrected chi connectivity index (χ1v) is 7.28. The fraction of sp³-hybridized carbons (Fsp3) is 0.412. The summed E-state index contributed by atoms with van der Waals surface area (Å²) in [5.74, 6) is -3.04. The molecule has 1 rings (SSSR count). The Balaban J connectivity index is 0.00000441. The number of rotatable bonds is 9. The zero-order chi connectivity index (χ0) is 15.7. The standard InChI is InChI=1S/C17H22O4.Ba/c1-2-3-4-5-6-9-13-10-7-8-11-14(13)15(17(20)21)12-16(18)19;/h7-8,10-12H,2-6,9H2,1H3,(H,18,19)(H,20,21);/q;+2/p-2/b15-12-;. The molecule has 1 aromatic carbocycles. The second-order valence-electron chi connectivity index (χ2n) is 4.99. The molecule has 22 heavy (non-hydrogen) atoms. The molecular weight excluding hydrogens is 406 g/mol. The predicted molar refractivity (Wildman–Crippen MR) is 82.7 cm³/mol. The van der Waals surface area contributed by atoms with Gasteiger partial charge >= 0.3 is 48.9 Å². The van der Waals surface area contributed by atoms with Crippen molar-refractivity contribution in [3.05, 3.63) is 41.5 Å². The monoisotopic (exact) mass is 426 g/mol. The van der Waals surface area contributed by atoms with Gasteiger partial charge in [0.15, 0.2) is 0 Å². The molecule has 0 fully saturated rings. The van der Waals surface area contributed by atoms with E-state index >= 15 is 0 Å². The molecule has 5 heteroatoms. The second kappa shape index (κ2) is 12.0. The molecule has 0 radical (unpaired) electrons. The molecule has 0 amide bonds. The van der Waals surface area contributed by atoms with Crippen LogP contribution < -0.4 is 10.2 Å². The van der Waals surface area contributed by atoms with Crippen molar-refractivity contribution in [1.29, 1.82) is 0 Å². The molecule has 114 valence electrons. The van der Waals surface area contributed by atoms with E-state index < -0.39 is 11.9 Å². The van der Waals surface area contributed by atoms with Gasteiger partial charge in [0, 0.05) is 5.57 Å². The molecule has 0 aliphatic carbocycles. The smallest absolute Gasteiger partial charge is 0.545 e. The molecule has 0 unspecified atom stereocenters. The largest absolute Gasteiger partial charge is 2.00 e. The number of carbonyl (C=O) groups excluding carboxylic acids is 2. The van der Waals surface area contributed by atoms with Crippen molar-refractivity contribution in [3.63, 3.8) is 0 Å². The van der Waals surface area contributed by atoms with Crippen LogP contribution in [0.1, 0.15) is 50.2 Å². The van der Waals surface area contributed by atoms with Crippen molar-refractivity contribution in [2.75, 3.05) is 0 Å². The summed E-state index contributed by atoms with van der Waals surface area (Å²) >= 11 is 0. The SMILES string of the molecule is CCCCCCCc1ccccc1/C(=C/C(=O)[O-])C(=O)[O-].[Ba+2]. The number of carboxylic acid groups (broad SMARTS) is 2. The van der Waals surface area contributed by atoms with E-state index in [1.807, 2.05) is 12.1 Å². The molecule has 0 aromatic heterocycles. The van der Waals surface area contributed by atoms with Gasteiger partial charge in [-0.1, -0.05) is 56.9 Å². The van der Waals surface area contributed by atoms with Gasteiger partial charge in [0.05, 0.1) is 11.9 Å². The molecule has 0 spiro atoms. The average molecular weight is 426 g/mol. The van der Waals surface area contributed by atoms with Gasteiger partial charge in [-0.15, -0.1) is 0 Å². The summed E-state index contributed by atoms with van der Waals surface area (Å²) in [4.78, 5) is 21.8. The van der Waals surface area contributed by atoms with E-state index in [1.54, 1.807) is 12.1 Å². The Kier molecular flexibility index (Phi) is 11.7. The van der Waals surface area contributed by atoms with Gasteiger partial charge in [-0.05, 0) is 30.0 Å². The van der Waals surface area contributed by atoms with Crippen LogP contribution in [0.4, 0.5) is 0 Å². The molecule has 0 saturated carbocycles. The Bertz CT molecular complexity index is 523. The van der Waals surface area contributed by atoms with E-state index in [9.17, 15) is 19.8 Å². The maximum absolute atomic E-state index is 11.1. The summed E-state index contributed by atoms with van der Waals surface area (Å²) in [7, 11) is 0. The molecule has 0 heterocycles. The molecule has 0 aliphatic heterocycles. The van der Waals surface area contributed by atoms with Crippen molar-refractivity contribution >= 4 is 66.4 Å². The fourth-order valence-corrected chi connectivity index (χ4v) is 2.28. The van der Waals surface area contributed by atoms with Gasteiger partial charge in [-0.3, -0.25) is 0 Å². The molecule has 1 aromatic rings. The Morgan fingerprint density at radius 3 is 2.27 bits per heavy atom. The fourth-order valence-electron chi connectivity index (χ4n) is 2.28. The summed E-state index contributed by atoms with van der Waals surface area (Å²) in [6.45, 7) is 2.15. The normalized spacial score (nSPS) is 10.9. The summed E-state index contributed by atoms with van der Waals surface area (Å²) in [5, 5.41) is 21.8. The van der Waals surface area contributed by atoms with Crippen LogP contribution >= 0.6 is 0 Å². The summed E-state index contributed by atoms with van der Waals surface area (Å²) in [5.41, 5.74) is 0.891. The van der Waals surface area contributed by atoms with Gasteiger partial charge in [0.1, 0.15) is 0 Å². The van der Waals surface area contributed by atoms with Crippen LogP contribution in [0.25, 0.3) is 5.57 Å². The Hall–Kier alpha value is -0.529. The molecule has 0 bridgehead atoms. The number of unbranched alkanes of at least 4 members (excludes halogenated alkanes) is 4. The summed E-state index contributed by atoms with van der Waals surface area (Å²) in [6.07, 6.45) is 6.84. The van der Waals surface area contributed by atoms with Gasteiger partial charge in [-0.2, -0.15) is 0 Å². The third-order valence-electron chi connectivity index (χ3n) is 3.34. The molecular formula is C17H20BaO4. The number of carbonyl (C=O) groups is 2. The number of hydrogen-bond donors (Lipinski definition) is 0. The maximum atomic E-state index is 11.1. The van der Waals surface area contributed by atoms with Gasteiger partial charge in [0.25, 0.3) is 0 Å². The topological polar surface area (TPSA) is 80.3 Å². The number of hydrogen-bond acceptors (Lipinski definition) is 4. The molecule has 0 atom stereocenters. The van der Waals surface area contributed by atoms with Crippen molar-refractivity contribution in [2.45, 2.75) is 45.4 Å². The van der Waals surface area contributed by atoms with Crippen molar-refractivity contribution in [3.8, 4) is 0 Å². The maximum Gasteiger partial charge on any atom is 2.00 e. The first kappa shape index (κ1) is 21.5. The third kappa shape index (κ3) is 7.65. The van der Waals surface area contributed by atoms with Gasteiger partial charge in [0.2, 0.25) is 0 Å². The molecule has 0 saturated heterocycles. The van der Waals surface area contributed by atoms with E-state index in [-0.39, 0.29) is 54.5 Å². The average Bonchev–Trinajstić information content (AvgIpc) is 2.45. The zero-order valence-corrected chi connectivity index (χ0v) is 17.4. The number of aliphatic carboxylic acids is 2. The minimum absolute atomic E-state index is 0. The van der Waals surface area contributed by atoms with Crippen LogP contribution in [-0.4, -0.2) is 60.8 Å². The van der Waals surface area contributed by atoms with Crippen molar-refractivity contribution in [2.24, 2.45) is 0 Å². The third-order valence-corrected chi connectivity index (χ3v) is 3.34. The summed E-state index contributed by atoms with van der Waals surface area (Å²) < 4.78 is 0. The zero-order valence-electron chi connectivity index (χ0n) is 13.0. The summed E-state index contributed by atoms with van der Waals surface area (Å²) in [6, 6.07) is 6.92. The van der Waals surface area contributed by atoms with E-state index in [2.05, 4.69) is 6.92 Å². The first-order chi connectivity index (χ1) is 10.1. The Morgan fingerprint density at radius 2 is 1.68 bits per heavy atom. The number of benzene rings is 1. The molecule has 0 aliphatic rings. The van der Waals surface area contributed by atoms with E-state index in [0.717, 1.165) is 31.2 Å². The second-order valence-corrected chi connectivity index (χ2v) is 4.99. The molecule has 0 N–H and O–H groups in total. The van der Waals surface area contributed by atoms with E-state index in [0.29, 0.717) is 11.6 Å². The van der Waals surface area contributed by atoms with Crippen LogP contribution in [0.5, 0.6) is 0 Å². The Morgan fingerprint density at radius 1 is 1.05 bits per heavy atom. The van der Waals surface area contributed by atoms with E-state index in [1.165, 1.54) is 12.8 Å². The van der Waals surface area contributed by atoms with Gasteiger partial charge < -0.3 is 19.8 Å². The van der Waals surface area contributed by atoms with Crippen LogP contribution in [0.15, 0.2) is 30.3 Å². The van der Waals surface area contributed by atoms with Crippen LogP contribution in [0.2, 0.25) is 0 Å². The minimum Gasteiger partial charge on any atom is -0.545 e. The van der Waals surface area contributed by atoms with Crippen LogP contribution in [0, 0.1) is 0 Å². The molecule has 4 nitrogen and oxygen atoms in total.